The van der Waals surface area contributed by atoms with E-state index in [1.54, 1.807) is 18.9 Å². The molecule has 1 aromatic rings. The van der Waals surface area contributed by atoms with E-state index in [2.05, 4.69) is 5.32 Å². The molecule has 1 amide bonds. The van der Waals surface area contributed by atoms with Gasteiger partial charge in [-0.25, -0.2) is 0 Å². The van der Waals surface area contributed by atoms with Crippen molar-refractivity contribution >= 4 is 30.1 Å². The summed E-state index contributed by atoms with van der Waals surface area (Å²) in [5, 5.41) is 3.28. The number of hydrogen-bond acceptors (Lipinski definition) is 4. The predicted molar refractivity (Wildman–Crippen MR) is 89.6 cm³/mol. The molecule has 1 aromatic carbocycles. The molecule has 1 fully saturated rings. The van der Waals surface area contributed by atoms with E-state index in [-0.39, 0.29) is 18.3 Å². The van der Waals surface area contributed by atoms with E-state index in [9.17, 15) is 4.79 Å². The summed E-state index contributed by atoms with van der Waals surface area (Å²) < 4.78 is 5.19. The number of benzene rings is 1. The Labute approximate surface area is 137 Å². The molecule has 0 bridgehead atoms. The highest BCUT2D eigenvalue weighted by atomic mass is 35.5. The molecule has 0 aliphatic carbocycles. The molecule has 1 aliphatic heterocycles. The SMILES string of the molecule is CNC1CCN(C(=O)CSc2cccc(OC)c2)CC1.Cl. The number of carbonyl (C=O) groups is 1. The summed E-state index contributed by atoms with van der Waals surface area (Å²) in [5.41, 5.74) is 0. The van der Waals surface area contributed by atoms with E-state index in [0.717, 1.165) is 36.6 Å². The number of ether oxygens (including phenoxy) is 1. The van der Waals surface area contributed by atoms with Crippen molar-refractivity contribution in [2.75, 3.05) is 33.0 Å². The number of nitrogens with one attached hydrogen (secondary N) is 1. The van der Waals surface area contributed by atoms with E-state index in [1.807, 2.05) is 36.2 Å². The number of hydrogen-bond donors (Lipinski definition) is 1. The lowest BCUT2D eigenvalue weighted by molar-refractivity contribution is -0.129. The maximum atomic E-state index is 12.2. The molecule has 0 unspecified atom stereocenters. The summed E-state index contributed by atoms with van der Waals surface area (Å²) >= 11 is 1.57. The summed E-state index contributed by atoms with van der Waals surface area (Å²) in [7, 11) is 3.64. The van der Waals surface area contributed by atoms with Crippen LogP contribution in [0.1, 0.15) is 12.8 Å². The number of methoxy groups -OCH3 is 1. The summed E-state index contributed by atoms with van der Waals surface area (Å²) in [6, 6.07) is 8.39. The van der Waals surface area contributed by atoms with Gasteiger partial charge < -0.3 is 15.0 Å². The number of piperidine rings is 1. The average molecular weight is 331 g/mol. The van der Waals surface area contributed by atoms with Crippen molar-refractivity contribution in [2.24, 2.45) is 0 Å². The minimum absolute atomic E-state index is 0. The Morgan fingerprint density at radius 3 is 2.76 bits per heavy atom. The maximum absolute atomic E-state index is 12.2. The van der Waals surface area contributed by atoms with E-state index in [4.69, 9.17) is 4.74 Å². The molecule has 1 heterocycles. The van der Waals surface area contributed by atoms with E-state index in [0.29, 0.717) is 11.8 Å². The molecule has 1 N–H and O–H groups in total. The van der Waals surface area contributed by atoms with Crippen LogP contribution in [-0.2, 0) is 4.79 Å². The average Bonchev–Trinajstić information content (AvgIpc) is 2.53. The van der Waals surface area contributed by atoms with Crippen LogP contribution >= 0.6 is 24.2 Å². The minimum atomic E-state index is 0. The van der Waals surface area contributed by atoms with E-state index in [1.165, 1.54) is 0 Å². The number of amides is 1. The lowest BCUT2D eigenvalue weighted by Gasteiger charge is -2.31. The Morgan fingerprint density at radius 1 is 1.43 bits per heavy atom. The molecule has 1 aliphatic rings. The smallest absolute Gasteiger partial charge is 0.232 e. The van der Waals surface area contributed by atoms with Crippen LogP contribution in [0.15, 0.2) is 29.2 Å². The lowest BCUT2D eigenvalue weighted by atomic mass is 10.1. The van der Waals surface area contributed by atoms with E-state index >= 15 is 0 Å². The minimum Gasteiger partial charge on any atom is -0.497 e. The summed E-state index contributed by atoms with van der Waals surface area (Å²) in [6.45, 7) is 1.73. The first-order chi connectivity index (χ1) is 9.72. The van der Waals surface area contributed by atoms with Crippen LogP contribution in [0.4, 0.5) is 0 Å². The highest BCUT2D eigenvalue weighted by Crippen LogP contribution is 2.23. The largest absolute Gasteiger partial charge is 0.497 e. The lowest BCUT2D eigenvalue weighted by Crippen LogP contribution is -2.44. The standard InChI is InChI=1S/C15H22N2O2S.ClH/c1-16-12-6-8-17(9-7-12)15(18)11-20-14-5-3-4-13(10-14)19-2;/h3-5,10,12,16H,6-9,11H2,1-2H3;1H. The van der Waals surface area contributed by atoms with Crippen LogP contribution in [0, 0.1) is 0 Å². The van der Waals surface area contributed by atoms with Crippen LogP contribution in [0.25, 0.3) is 0 Å². The van der Waals surface area contributed by atoms with Gasteiger partial charge >= 0.3 is 0 Å². The van der Waals surface area contributed by atoms with Crippen LogP contribution in [-0.4, -0.2) is 49.8 Å². The topological polar surface area (TPSA) is 41.6 Å². The highest BCUT2D eigenvalue weighted by Gasteiger charge is 2.21. The van der Waals surface area contributed by atoms with Gasteiger partial charge in [0, 0.05) is 24.0 Å². The second-order valence-corrected chi connectivity index (χ2v) is 5.96. The zero-order chi connectivity index (χ0) is 14.4. The molecule has 2 rings (SSSR count). The van der Waals surface area contributed by atoms with Crippen LogP contribution < -0.4 is 10.1 Å². The summed E-state index contributed by atoms with van der Waals surface area (Å²) in [6.07, 6.45) is 2.10. The third kappa shape index (κ3) is 5.41. The second kappa shape index (κ2) is 9.18. The van der Waals surface area contributed by atoms with Crippen molar-refractivity contribution in [2.45, 2.75) is 23.8 Å². The molecule has 0 aromatic heterocycles. The molecule has 0 saturated carbocycles. The van der Waals surface area contributed by atoms with Crippen molar-refractivity contribution in [3.8, 4) is 5.75 Å². The van der Waals surface area contributed by atoms with Gasteiger partial charge in [-0.3, -0.25) is 4.79 Å². The Kier molecular flexibility index (Phi) is 7.93. The molecule has 0 atom stereocenters. The monoisotopic (exact) mass is 330 g/mol. The van der Waals surface area contributed by atoms with Gasteiger partial charge in [-0.1, -0.05) is 6.07 Å². The Hall–Kier alpha value is -0.910. The number of likely N-dealkylation sites (tertiary alicyclic amines) is 1. The van der Waals surface area contributed by atoms with Gasteiger partial charge in [-0.2, -0.15) is 0 Å². The molecule has 0 spiro atoms. The third-order valence-electron chi connectivity index (χ3n) is 3.66. The first-order valence-electron chi connectivity index (χ1n) is 6.95. The fourth-order valence-corrected chi connectivity index (χ4v) is 3.19. The normalized spacial score (nSPS) is 15.4. The van der Waals surface area contributed by atoms with Gasteiger partial charge in [0.1, 0.15) is 5.75 Å². The molecular formula is C15H23ClN2O2S. The predicted octanol–water partition coefficient (Wildman–Crippen LogP) is 2.42. The Balaban J connectivity index is 0.00000220. The van der Waals surface area contributed by atoms with Crippen molar-refractivity contribution in [3.05, 3.63) is 24.3 Å². The number of rotatable bonds is 5. The third-order valence-corrected chi connectivity index (χ3v) is 4.64. The van der Waals surface area contributed by atoms with Gasteiger partial charge in [0.05, 0.1) is 12.9 Å². The van der Waals surface area contributed by atoms with Crippen molar-refractivity contribution < 1.29 is 9.53 Å². The van der Waals surface area contributed by atoms with Crippen molar-refractivity contribution in [1.82, 2.24) is 10.2 Å². The molecule has 0 radical (unpaired) electrons. The first-order valence-corrected chi connectivity index (χ1v) is 7.93. The molecule has 4 nitrogen and oxygen atoms in total. The molecule has 21 heavy (non-hydrogen) atoms. The van der Waals surface area contributed by atoms with Gasteiger partial charge in [0.15, 0.2) is 0 Å². The molecular weight excluding hydrogens is 308 g/mol. The zero-order valence-electron chi connectivity index (χ0n) is 12.5. The second-order valence-electron chi connectivity index (χ2n) is 4.91. The Bertz CT molecular complexity index is 451. The van der Waals surface area contributed by atoms with Gasteiger partial charge in [-0.15, -0.1) is 24.2 Å². The zero-order valence-corrected chi connectivity index (χ0v) is 14.1. The number of nitrogens with zero attached hydrogens (tertiary/aromatic N) is 1. The van der Waals surface area contributed by atoms with Gasteiger partial charge in [0.2, 0.25) is 5.91 Å². The Morgan fingerprint density at radius 2 is 2.14 bits per heavy atom. The van der Waals surface area contributed by atoms with Crippen molar-refractivity contribution in [1.29, 1.82) is 0 Å². The quantitative estimate of drug-likeness (QED) is 0.842. The maximum Gasteiger partial charge on any atom is 0.232 e. The number of halogens is 1. The van der Waals surface area contributed by atoms with E-state index < -0.39 is 0 Å². The van der Waals surface area contributed by atoms with Gasteiger partial charge in [-0.05, 0) is 38.1 Å². The number of carbonyl (C=O) groups excluding carboxylic acids is 1. The van der Waals surface area contributed by atoms with Crippen LogP contribution in [0.5, 0.6) is 5.75 Å². The van der Waals surface area contributed by atoms with Crippen LogP contribution in [0.2, 0.25) is 0 Å². The fourth-order valence-electron chi connectivity index (χ4n) is 2.34. The van der Waals surface area contributed by atoms with Gasteiger partial charge in [0.25, 0.3) is 0 Å². The summed E-state index contributed by atoms with van der Waals surface area (Å²) in [5.74, 6) is 1.56. The number of thioether (sulfide) groups is 1. The fraction of sp³-hybridized carbons (Fsp3) is 0.533. The first kappa shape index (κ1) is 18.1. The molecule has 6 heteroatoms. The summed E-state index contributed by atoms with van der Waals surface area (Å²) in [4.78, 5) is 15.2. The van der Waals surface area contributed by atoms with Crippen molar-refractivity contribution in [3.63, 3.8) is 0 Å². The van der Waals surface area contributed by atoms with Crippen LogP contribution in [0.3, 0.4) is 0 Å². The molecule has 1 saturated heterocycles. The highest BCUT2D eigenvalue weighted by molar-refractivity contribution is 8.00. The molecule has 118 valence electrons.